The van der Waals surface area contributed by atoms with E-state index in [0.717, 1.165) is 30.0 Å². The molecule has 1 saturated heterocycles. The lowest BCUT2D eigenvalue weighted by Crippen LogP contribution is -2.51. The Balaban J connectivity index is 1.68. The lowest BCUT2D eigenvalue weighted by molar-refractivity contribution is -0.124. The van der Waals surface area contributed by atoms with Crippen LogP contribution in [0.1, 0.15) is 54.2 Å². The Morgan fingerprint density at radius 3 is 2.19 bits per heavy atom. The van der Waals surface area contributed by atoms with Crippen molar-refractivity contribution in [1.29, 1.82) is 0 Å². The summed E-state index contributed by atoms with van der Waals surface area (Å²) in [4.78, 5) is 28.2. The van der Waals surface area contributed by atoms with Gasteiger partial charge in [-0.05, 0) is 68.6 Å². The molecule has 0 spiro atoms. The van der Waals surface area contributed by atoms with Crippen LogP contribution >= 0.6 is 0 Å². The third kappa shape index (κ3) is 6.10. The SMILES string of the molecule is COc1ccc(C(CNC(=O)C(NC(=O)c2ccc(C)cc2)C(C)C)N2CCCC2)cc1. The fraction of sp³-hybridized carbons (Fsp3) is 0.462. The van der Waals surface area contributed by atoms with Gasteiger partial charge in [-0.25, -0.2) is 0 Å². The molecule has 2 amide bonds. The lowest BCUT2D eigenvalue weighted by atomic mass is 10.0. The van der Waals surface area contributed by atoms with Crippen molar-refractivity contribution in [2.75, 3.05) is 26.7 Å². The highest BCUT2D eigenvalue weighted by molar-refractivity contribution is 5.97. The van der Waals surface area contributed by atoms with E-state index in [9.17, 15) is 9.59 Å². The van der Waals surface area contributed by atoms with Gasteiger partial charge in [-0.2, -0.15) is 0 Å². The van der Waals surface area contributed by atoms with Gasteiger partial charge in [-0.15, -0.1) is 0 Å². The van der Waals surface area contributed by atoms with Gasteiger partial charge in [0.2, 0.25) is 5.91 Å². The van der Waals surface area contributed by atoms with Gasteiger partial charge in [-0.1, -0.05) is 43.7 Å². The first kappa shape index (κ1) is 23.8. The number of methoxy groups -OCH3 is 1. The summed E-state index contributed by atoms with van der Waals surface area (Å²) >= 11 is 0. The minimum atomic E-state index is -0.598. The van der Waals surface area contributed by atoms with Gasteiger partial charge in [0.1, 0.15) is 11.8 Å². The van der Waals surface area contributed by atoms with Crippen molar-refractivity contribution in [1.82, 2.24) is 15.5 Å². The number of carbonyl (C=O) groups excluding carboxylic acids is 2. The number of nitrogens with zero attached hydrogens (tertiary/aromatic N) is 1. The van der Waals surface area contributed by atoms with E-state index in [1.54, 1.807) is 19.2 Å². The van der Waals surface area contributed by atoms with Crippen molar-refractivity contribution < 1.29 is 14.3 Å². The fourth-order valence-electron chi connectivity index (χ4n) is 4.11. The van der Waals surface area contributed by atoms with E-state index in [1.807, 2.05) is 45.0 Å². The number of amides is 2. The average Bonchev–Trinajstić information content (AvgIpc) is 3.32. The number of carbonyl (C=O) groups is 2. The number of hydrogen-bond acceptors (Lipinski definition) is 4. The van der Waals surface area contributed by atoms with Crippen molar-refractivity contribution in [3.8, 4) is 5.75 Å². The van der Waals surface area contributed by atoms with Crippen LogP contribution in [0, 0.1) is 12.8 Å². The van der Waals surface area contributed by atoms with E-state index < -0.39 is 6.04 Å². The summed E-state index contributed by atoms with van der Waals surface area (Å²) in [5.41, 5.74) is 2.80. The van der Waals surface area contributed by atoms with Crippen LogP contribution in [0.3, 0.4) is 0 Å². The maximum Gasteiger partial charge on any atom is 0.251 e. The van der Waals surface area contributed by atoms with Gasteiger partial charge < -0.3 is 15.4 Å². The van der Waals surface area contributed by atoms with Gasteiger partial charge in [0.15, 0.2) is 0 Å². The molecule has 3 rings (SSSR count). The summed E-state index contributed by atoms with van der Waals surface area (Å²) in [5, 5.41) is 6.03. The predicted octanol–water partition coefficient (Wildman–Crippen LogP) is 3.71. The summed E-state index contributed by atoms with van der Waals surface area (Å²) in [6, 6.07) is 14.9. The molecule has 2 unspecified atom stereocenters. The van der Waals surface area contributed by atoms with Gasteiger partial charge in [-0.3, -0.25) is 14.5 Å². The Morgan fingerprint density at radius 2 is 1.62 bits per heavy atom. The zero-order valence-electron chi connectivity index (χ0n) is 19.6. The number of benzene rings is 2. The maximum absolute atomic E-state index is 13.1. The first-order valence-electron chi connectivity index (χ1n) is 11.4. The third-order valence-corrected chi connectivity index (χ3v) is 6.10. The van der Waals surface area contributed by atoms with Crippen LogP contribution in [0.25, 0.3) is 0 Å². The number of hydrogen-bond donors (Lipinski definition) is 2. The molecule has 0 aliphatic carbocycles. The second kappa shape index (κ2) is 11.1. The highest BCUT2D eigenvalue weighted by Crippen LogP contribution is 2.26. The zero-order valence-corrected chi connectivity index (χ0v) is 19.6. The highest BCUT2D eigenvalue weighted by Gasteiger charge is 2.28. The summed E-state index contributed by atoms with van der Waals surface area (Å²) in [5.74, 6) is 0.399. The Labute approximate surface area is 191 Å². The molecule has 0 saturated carbocycles. The van der Waals surface area contributed by atoms with Crippen molar-refractivity contribution in [3.63, 3.8) is 0 Å². The molecule has 2 aromatic rings. The van der Waals surface area contributed by atoms with E-state index in [4.69, 9.17) is 4.74 Å². The molecule has 0 radical (unpaired) electrons. The number of rotatable bonds is 9. The maximum atomic E-state index is 13.1. The molecule has 1 fully saturated rings. The predicted molar refractivity (Wildman–Crippen MR) is 127 cm³/mol. The second-order valence-electron chi connectivity index (χ2n) is 8.84. The molecule has 1 aliphatic rings. The van der Waals surface area contributed by atoms with E-state index >= 15 is 0 Å². The smallest absolute Gasteiger partial charge is 0.251 e. The van der Waals surface area contributed by atoms with E-state index in [2.05, 4.69) is 27.7 Å². The number of ether oxygens (including phenoxy) is 1. The van der Waals surface area contributed by atoms with Crippen molar-refractivity contribution in [2.24, 2.45) is 5.92 Å². The quantitative estimate of drug-likeness (QED) is 0.627. The van der Waals surface area contributed by atoms with Gasteiger partial charge >= 0.3 is 0 Å². The monoisotopic (exact) mass is 437 g/mol. The molecule has 0 bridgehead atoms. The summed E-state index contributed by atoms with van der Waals surface area (Å²) in [6.07, 6.45) is 2.34. The Hall–Kier alpha value is -2.86. The first-order chi connectivity index (χ1) is 15.4. The van der Waals surface area contributed by atoms with Crippen LogP contribution in [0.4, 0.5) is 0 Å². The summed E-state index contributed by atoms with van der Waals surface area (Å²) < 4.78 is 5.29. The van der Waals surface area contributed by atoms with Gasteiger partial charge in [0.25, 0.3) is 5.91 Å². The third-order valence-electron chi connectivity index (χ3n) is 6.10. The minimum Gasteiger partial charge on any atom is -0.497 e. The molecule has 0 aromatic heterocycles. The molecule has 2 atom stereocenters. The van der Waals surface area contributed by atoms with Crippen molar-refractivity contribution in [2.45, 2.75) is 45.7 Å². The van der Waals surface area contributed by atoms with E-state index in [1.165, 1.54) is 12.8 Å². The summed E-state index contributed by atoms with van der Waals surface area (Å²) in [7, 11) is 1.66. The Kier molecular flexibility index (Phi) is 8.28. The normalized spacial score (nSPS) is 15.9. The van der Waals surface area contributed by atoms with Crippen molar-refractivity contribution in [3.05, 3.63) is 65.2 Å². The molecule has 1 aliphatic heterocycles. The Bertz CT molecular complexity index is 888. The lowest BCUT2D eigenvalue weighted by Gasteiger charge is -2.30. The van der Waals surface area contributed by atoms with E-state index in [0.29, 0.717) is 12.1 Å². The molecule has 2 N–H and O–H groups in total. The molecule has 32 heavy (non-hydrogen) atoms. The molecular formula is C26H35N3O3. The number of likely N-dealkylation sites (tertiary alicyclic amines) is 1. The molecule has 172 valence electrons. The molecule has 6 heteroatoms. The van der Waals surface area contributed by atoms with Crippen LogP contribution in [-0.2, 0) is 4.79 Å². The Morgan fingerprint density at radius 1 is 1.00 bits per heavy atom. The van der Waals surface area contributed by atoms with Crippen LogP contribution in [0.15, 0.2) is 48.5 Å². The van der Waals surface area contributed by atoms with Crippen LogP contribution in [0.5, 0.6) is 5.75 Å². The van der Waals surface area contributed by atoms with Crippen LogP contribution in [-0.4, -0.2) is 49.5 Å². The molecule has 6 nitrogen and oxygen atoms in total. The average molecular weight is 438 g/mol. The largest absolute Gasteiger partial charge is 0.497 e. The van der Waals surface area contributed by atoms with Crippen LogP contribution in [0.2, 0.25) is 0 Å². The topological polar surface area (TPSA) is 70.7 Å². The second-order valence-corrected chi connectivity index (χ2v) is 8.84. The molecular weight excluding hydrogens is 402 g/mol. The molecule has 1 heterocycles. The zero-order chi connectivity index (χ0) is 23.1. The van der Waals surface area contributed by atoms with Crippen molar-refractivity contribution >= 4 is 11.8 Å². The van der Waals surface area contributed by atoms with Crippen LogP contribution < -0.4 is 15.4 Å². The minimum absolute atomic E-state index is 0.0318. The van der Waals surface area contributed by atoms with Gasteiger partial charge in [0, 0.05) is 12.1 Å². The number of nitrogens with one attached hydrogen (secondary N) is 2. The summed E-state index contributed by atoms with van der Waals surface area (Å²) in [6.45, 7) is 8.40. The van der Waals surface area contributed by atoms with Gasteiger partial charge in [0.05, 0.1) is 13.2 Å². The fourth-order valence-corrected chi connectivity index (χ4v) is 4.11. The standard InChI is InChI=1S/C26H35N3O3/c1-18(2)24(28-25(30)21-9-7-19(3)8-10-21)26(31)27-17-23(29-15-5-6-16-29)20-11-13-22(32-4)14-12-20/h7-14,18,23-24H,5-6,15-17H2,1-4H3,(H,27,31)(H,28,30). The van der Waals surface area contributed by atoms with E-state index in [-0.39, 0.29) is 23.8 Å². The molecule has 2 aromatic carbocycles. The highest BCUT2D eigenvalue weighted by atomic mass is 16.5. The first-order valence-corrected chi connectivity index (χ1v) is 11.4. The number of aryl methyl sites for hydroxylation is 1.